The zero-order chi connectivity index (χ0) is 15.4. The van der Waals surface area contributed by atoms with Crippen LogP contribution in [-0.2, 0) is 0 Å². The van der Waals surface area contributed by atoms with Crippen molar-refractivity contribution in [2.24, 2.45) is 0 Å². The van der Waals surface area contributed by atoms with Crippen LogP contribution < -0.4 is 10.1 Å². The van der Waals surface area contributed by atoms with E-state index in [2.05, 4.69) is 44.1 Å². The molecule has 0 aromatic heterocycles. The quantitative estimate of drug-likeness (QED) is 0.652. The monoisotopic (exact) mass is 415 g/mol. The molecule has 0 spiro atoms. The molecule has 2 nitrogen and oxygen atoms in total. The smallest absolute Gasteiger partial charge is 0.135 e. The summed E-state index contributed by atoms with van der Waals surface area (Å²) in [7, 11) is 1.63. The molecule has 21 heavy (non-hydrogen) atoms. The van der Waals surface area contributed by atoms with Crippen molar-refractivity contribution in [2.45, 2.75) is 19.4 Å². The molecular formula is C16H16Br2FNO. The second-order valence-corrected chi connectivity index (χ2v) is 6.34. The Morgan fingerprint density at radius 1 is 1.19 bits per heavy atom. The van der Waals surface area contributed by atoms with Gasteiger partial charge in [0.1, 0.15) is 11.6 Å². The largest absolute Gasteiger partial charge is 0.495 e. The fraction of sp³-hybridized carbons (Fsp3) is 0.250. The molecule has 5 heteroatoms. The van der Waals surface area contributed by atoms with Gasteiger partial charge in [0.2, 0.25) is 0 Å². The van der Waals surface area contributed by atoms with Gasteiger partial charge in [0.05, 0.1) is 23.3 Å². The first-order valence-corrected chi connectivity index (χ1v) is 8.18. The van der Waals surface area contributed by atoms with E-state index >= 15 is 0 Å². The normalized spacial score (nSPS) is 12.0. The molecule has 2 aromatic rings. The highest BCUT2D eigenvalue weighted by molar-refractivity contribution is 9.11. The van der Waals surface area contributed by atoms with Gasteiger partial charge in [-0.3, -0.25) is 0 Å². The summed E-state index contributed by atoms with van der Waals surface area (Å²) in [6.07, 6.45) is 0.842. The van der Waals surface area contributed by atoms with Crippen LogP contribution in [-0.4, -0.2) is 7.11 Å². The van der Waals surface area contributed by atoms with Gasteiger partial charge in [-0.05, 0) is 62.0 Å². The number of anilines is 1. The highest BCUT2D eigenvalue weighted by atomic mass is 79.9. The van der Waals surface area contributed by atoms with Gasteiger partial charge in [0.15, 0.2) is 0 Å². The fourth-order valence-electron chi connectivity index (χ4n) is 2.13. The zero-order valence-electron chi connectivity index (χ0n) is 11.8. The van der Waals surface area contributed by atoms with E-state index in [-0.39, 0.29) is 11.9 Å². The van der Waals surface area contributed by atoms with E-state index in [0.29, 0.717) is 0 Å². The topological polar surface area (TPSA) is 21.3 Å². The molecule has 1 N–H and O–H groups in total. The minimum Gasteiger partial charge on any atom is -0.495 e. The lowest BCUT2D eigenvalue weighted by molar-refractivity contribution is 0.412. The van der Waals surface area contributed by atoms with Crippen molar-refractivity contribution in [1.29, 1.82) is 0 Å². The fourth-order valence-corrected chi connectivity index (χ4v) is 3.40. The third-order valence-electron chi connectivity index (χ3n) is 3.23. The van der Waals surface area contributed by atoms with Crippen molar-refractivity contribution in [3.05, 3.63) is 56.7 Å². The number of rotatable bonds is 5. The molecule has 0 aliphatic rings. The van der Waals surface area contributed by atoms with Crippen LogP contribution in [0.5, 0.6) is 5.75 Å². The molecule has 2 aromatic carbocycles. The molecule has 0 heterocycles. The minimum atomic E-state index is -0.222. The summed E-state index contributed by atoms with van der Waals surface area (Å²) in [5, 5.41) is 3.43. The van der Waals surface area contributed by atoms with E-state index in [0.717, 1.165) is 32.4 Å². The Bertz CT molecular complexity index is 634. The molecule has 0 radical (unpaired) electrons. The van der Waals surface area contributed by atoms with Gasteiger partial charge in [-0.25, -0.2) is 4.39 Å². The molecule has 2 rings (SSSR count). The van der Waals surface area contributed by atoms with Crippen LogP contribution in [0.25, 0.3) is 0 Å². The van der Waals surface area contributed by atoms with Gasteiger partial charge in [-0.1, -0.05) is 19.1 Å². The van der Waals surface area contributed by atoms with Crippen LogP contribution in [0.2, 0.25) is 0 Å². The molecule has 0 saturated carbocycles. The van der Waals surface area contributed by atoms with Crippen LogP contribution >= 0.6 is 31.9 Å². The average Bonchev–Trinajstić information content (AvgIpc) is 2.46. The van der Waals surface area contributed by atoms with Crippen molar-refractivity contribution in [3.63, 3.8) is 0 Å². The van der Waals surface area contributed by atoms with Crippen LogP contribution in [0.4, 0.5) is 10.1 Å². The Labute approximate surface area is 141 Å². The molecular weight excluding hydrogens is 401 g/mol. The molecule has 1 unspecified atom stereocenters. The van der Waals surface area contributed by atoms with Gasteiger partial charge in [-0.2, -0.15) is 0 Å². The maximum atomic E-state index is 13.4. The SMILES string of the molecule is CCC(Nc1cc(OC)c(Br)cc1Br)c1cccc(F)c1. The number of benzene rings is 2. The Balaban J connectivity index is 2.30. The highest BCUT2D eigenvalue weighted by Gasteiger charge is 2.13. The predicted molar refractivity (Wildman–Crippen MR) is 91.4 cm³/mol. The summed E-state index contributed by atoms with van der Waals surface area (Å²) in [5.74, 6) is 0.523. The molecule has 0 saturated heterocycles. The molecule has 0 amide bonds. The van der Waals surface area contributed by atoms with Crippen LogP contribution in [0.1, 0.15) is 24.9 Å². The number of halogens is 3. The van der Waals surface area contributed by atoms with Crippen LogP contribution in [0.15, 0.2) is 45.3 Å². The van der Waals surface area contributed by atoms with Crippen LogP contribution in [0, 0.1) is 5.82 Å². The van der Waals surface area contributed by atoms with E-state index in [9.17, 15) is 4.39 Å². The highest BCUT2D eigenvalue weighted by Crippen LogP contribution is 2.36. The van der Waals surface area contributed by atoms with Crippen molar-refractivity contribution >= 4 is 37.5 Å². The second-order valence-electron chi connectivity index (χ2n) is 4.63. The van der Waals surface area contributed by atoms with E-state index in [4.69, 9.17) is 4.74 Å². The predicted octanol–water partition coefficient (Wildman–Crippen LogP) is 5.92. The molecule has 0 aliphatic heterocycles. The number of hydrogen-bond donors (Lipinski definition) is 1. The van der Waals surface area contributed by atoms with Gasteiger partial charge in [-0.15, -0.1) is 0 Å². The summed E-state index contributed by atoms with van der Waals surface area (Å²) in [4.78, 5) is 0. The third kappa shape index (κ3) is 3.98. The maximum absolute atomic E-state index is 13.4. The Morgan fingerprint density at radius 2 is 1.95 bits per heavy atom. The summed E-state index contributed by atoms with van der Waals surface area (Å²) in [6, 6.07) is 10.5. The van der Waals surface area contributed by atoms with Gasteiger partial charge < -0.3 is 10.1 Å². The lowest BCUT2D eigenvalue weighted by atomic mass is 10.0. The van der Waals surface area contributed by atoms with Crippen molar-refractivity contribution in [1.82, 2.24) is 0 Å². The Morgan fingerprint density at radius 3 is 2.57 bits per heavy atom. The van der Waals surface area contributed by atoms with Crippen molar-refractivity contribution in [3.8, 4) is 5.75 Å². The Kier molecular flexibility index (Phi) is 5.65. The molecule has 0 fully saturated rings. The molecule has 0 aliphatic carbocycles. The molecule has 0 bridgehead atoms. The first-order chi connectivity index (χ1) is 10.0. The maximum Gasteiger partial charge on any atom is 0.135 e. The second kappa shape index (κ2) is 7.27. The number of hydrogen-bond acceptors (Lipinski definition) is 2. The first-order valence-electron chi connectivity index (χ1n) is 6.60. The summed E-state index contributed by atoms with van der Waals surface area (Å²) in [5.41, 5.74) is 1.83. The van der Waals surface area contributed by atoms with E-state index in [1.54, 1.807) is 19.2 Å². The lowest BCUT2D eigenvalue weighted by Gasteiger charge is -2.20. The number of nitrogens with one attached hydrogen (secondary N) is 1. The summed E-state index contributed by atoms with van der Waals surface area (Å²) in [6.45, 7) is 2.06. The summed E-state index contributed by atoms with van der Waals surface area (Å²) < 4.78 is 20.5. The minimum absolute atomic E-state index is 0.0304. The van der Waals surface area contributed by atoms with Crippen molar-refractivity contribution < 1.29 is 9.13 Å². The van der Waals surface area contributed by atoms with E-state index < -0.39 is 0 Å². The lowest BCUT2D eigenvalue weighted by Crippen LogP contribution is -2.10. The standard InChI is InChI=1S/C16H16Br2FNO/c1-3-14(10-5-4-6-11(19)7-10)20-15-9-16(21-2)13(18)8-12(15)17/h4-9,14,20H,3H2,1-2H3. The van der Waals surface area contributed by atoms with E-state index in [1.807, 2.05) is 18.2 Å². The molecule has 1 atom stereocenters. The van der Waals surface area contributed by atoms with Crippen molar-refractivity contribution in [2.75, 3.05) is 12.4 Å². The number of ether oxygens (including phenoxy) is 1. The zero-order valence-corrected chi connectivity index (χ0v) is 15.0. The van der Waals surface area contributed by atoms with Gasteiger partial charge >= 0.3 is 0 Å². The van der Waals surface area contributed by atoms with Gasteiger partial charge in [0, 0.05) is 10.5 Å². The first kappa shape index (κ1) is 16.3. The summed E-state index contributed by atoms with van der Waals surface area (Å²) >= 11 is 6.98. The van der Waals surface area contributed by atoms with E-state index in [1.165, 1.54) is 6.07 Å². The van der Waals surface area contributed by atoms with Crippen LogP contribution in [0.3, 0.4) is 0 Å². The Hall–Kier alpha value is -1.07. The third-order valence-corrected chi connectivity index (χ3v) is 4.51. The molecule has 112 valence electrons. The van der Waals surface area contributed by atoms with Gasteiger partial charge in [0.25, 0.3) is 0 Å². The number of methoxy groups -OCH3 is 1. The average molecular weight is 417 g/mol.